The first kappa shape index (κ1) is 33.3. The van der Waals surface area contributed by atoms with Crippen LogP contribution in [0.3, 0.4) is 0 Å². The fraction of sp³-hybridized carbons (Fsp3) is 0.154. The van der Waals surface area contributed by atoms with Gasteiger partial charge in [0.05, 0.1) is 16.2 Å². The van der Waals surface area contributed by atoms with E-state index in [1.165, 1.54) is 18.2 Å². The number of carbonyl (C=O) groups excluding carboxylic acids is 2. The number of benzene rings is 5. The van der Waals surface area contributed by atoms with Crippen LogP contribution in [0.1, 0.15) is 52.6 Å². The first-order chi connectivity index (χ1) is 22.9. The maximum Gasteiger partial charge on any atom is 0.326 e. The Hall–Kier alpha value is -6.09. The van der Waals surface area contributed by atoms with Crippen molar-refractivity contribution in [2.24, 2.45) is 0 Å². The van der Waals surface area contributed by atoms with Gasteiger partial charge in [0.2, 0.25) is 0 Å². The highest BCUT2D eigenvalue weighted by atomic mass is 16.6. The second-order valence-electron chi connectivity index (χ2n) is 12.5. The quantitative estimate of drug-likeness (QED) is 0.105. The number of amides is 2. The Morgan fingerprint density at radius 3 is 1.88 bits per heavy atom. The van der Waals surface area contributed by atoms with Crippen molar-refractivity contribution in [2.75, 3.05) is 5.32 Å². The second kappa shape index (κ2) is 14.1. The fourth-order valence-corrected chi connectivity index (χ4v) is 5.25. The lowest BCUT2D eigenvalue weighted by molar-refractivity contribution is -0.384. The number of nitrogens with one attached hydrogen (secondary N) is 2. The molecule has 0 aliphatic rings. The van der Waals surface area contributed by atoms with Crippen molar-refractivity contribution < 1.29 is 24.4 Å². The number of carboxylic acid groups (broad SMARTS) is 1. The number of hydrogen-bond donors (Lipinski definition) is 3. The van der Waals surface area contributed by atoms with Crippen LogP contribution < -0.4 is 10.6 Å². The molecular weight excluding hydrogens is 606 g/mol. The standard InChI is InChI=1S/C39H35N3O6/c1-39(2,3)31-18-13-29(14-19-31)36(43)40-34-22-17-30(28-15-20-32(21-16-28)42(47)48)24-33(34)37(44)41-35(38(45)46)23-25-9-11-27(12-10-25)26-7-5-4-6-8-26/h4-22,24,35H,23H2,1-3H3,(H,40,43)(H,41,44)(H,45,46). The van der Waals surface area contributed by atoms with Gasteiger partial charge in [-0.15, -0.1) is 0 Å². The molecule has 1 atom stereocenters. The average Bonchev–Trinajstić information content (AvgIpc) is 3.08. The lowest BCUT2D eigenvalue weighted by Crippen LogP contribution is -2.42. The summed E-state index contributed by atoms with van der Waals surface area (Å²) in [5, 5.41) is 26.7. The van der Waals surface area contributed by atoms with Crippen LogP contribution in [-0.2, 0) is 16.6 Å². The zero-order valence-electron chi connectivity index (χ0n) is 26.8. The van der Waals surface area contributed by atoms with Gasteiger partial charge in [0.1, 0.15) is 6.04 Å². The third kappa shape index (κ3) is 8.00. The molecule has 0 aliphatic heterocycles. The van der Waals surface area contributed by atoms with Gasteiger partial charge >= 0.3 is 5.97 Å². The lowest BCUT2D eigenvalue weighted by Gasteiger charge is -2.19. The third-order valence-corrected chi connectivity index (χ3v) is 8.04. The maximum absolute atomic E-state index is 13.8. The highest BCUT2D eigenvalue weighted by molar-refractivity contribution is 6.10. The number of hydrogen-bond acceptors (Lipinski definition) is 5. The zero-order chi connectivity index (χ0) is 34.4. The Kier molecular flexibility index (Phi) is 9.80. The van der Waals surface area contributed by atoms with Gasteiger partial charge < -0.3 is 15.7 Å². The van der Waals surface area contributed by atoms with Crippen molar-refractivity contribution >= 4 is 29.2 Å². The monoisotopic (exact) mass is 641 g/mol. The molecule has 0 aromatic heterocycles. The molecule has 0 saturated carbocycles. The summed E-state index contributed by atoms with van der Waals surface area (Å²) in [6.07, 6.45) is 0.0278. The van der Waals surface area contributed by atoms with Gasteiger partial charge in [0.15, 0.2) is 0 Å². The van der Waals surface area contributed by atoms with Crippen LogP contribution in [0.25, 0.3) is 22.3 Å². The number of rotatable bonds is 10. The van der Waals surface area contributed by atoms with E-state index in [-0.39, 0.29) is 28.8 Å². The largest absolute Gasteiger partial charge is 0.480 e. The first-order valence-corrected chi connectivity index (χ1v) is 15.4. The van der Waals surface area contributed by atoms with Gasteiger partial charge in [0.25, 0.3) is 17.5 Å². The number of aliphatic carboxylic acids is 1. The number of nitro benzene ring substituents is 1. The molecule has 48 heavy (non-hydrogen) atoms. The molecule has 5 rings (SSSR count). The topological polar surface area (TPSA) is 139 Å². The van der Waals surface area contributed by atoms with Gasteiger partial charge in [0, 0.05) is 24.1 Å². The van der Waals surface area contributed by atoms with Gasteiger partial charge in [-0.1, -0.05) is 93.6 Å². The molecule has 5 aromatic carbocycles. The molecule has 2 amide bonds. The predicted octanol–water partition coefficient (Wildman–Crippen LogP) is 7.90. The fourth-order valence-electron chi connectivity index (χ4n) is 5.25. The highest BCUT2D eigenvalue weighted by Gasteiger charge is 2.24. The van der Waals surface area contributed by atoms with Gasteiger partial charge in [-0.3, -0.25) is 19.7 Å². The molecule has 0 fully saturated rings. The van der Waals surface area contributed by atoms with Crippen LogP contribution in [0.2, 0.25) is 0 Å². The van der Waals surface area contributed by atoms with Crippen molar-refractivity contribution in [1.29, 1.82) is 0 Å². The van der Waals surface area contributed by atoms with E-state index in [4.69, 9.17) is 0 Å². The summed E-state index contributed by atoms with van der Waals surface area (Å²) in [5.74, 6) is -2.36. The van der Waals surface area contributed by atoms with Crippen molar-refractivity contribution in [3.8, 4) is 22.3 Å². The summed E-state index contributed by atoms with van der Waals surface area (Å²) in [6.45, 7) is 6.22. The molecule has 1 unspecified atom stereocenters. The smallest absolute Gasteiger partial charge is 0.326 e. The molecule has 0 saturated heterocycles. The van der Waals surface area contributed by atoms with Crippen molar-refractivity contribution in [1.82, 2.24) is 5.32 Å². The second-order valence-corrected chi connectivity index (χ2v) is 12.5. The van der Waals surface area contributed by atoms with Crippen molar-refractivity contribution in [3.63, 3.8) is 0 Å². The number of non-ortho nitro benzene ring substituents is 1. The van der Waals surface area contributed by atoms with Gasteiger partial charge in [-0.25, -0.2) is 4.79 Å². The minimum absolute atomic E-state index is 0.0278. The zero-order valence-corrected chi connectivity index (χ0v) is 26.8. The molecule has 0 radical (unpaired) electrons. The van der Waals surface area contributed by atoms with Crippen LogP contribution in [0.5, 0.6) is 0 Å². The molecule has 242 valence electrons. The summed E-state index contributed by atoms with van der Waals surface area (Å²) >= 11 is 0. The normalized spacial score (nSPS) is 11.7. The summed E-state index contributed by atoms with van der Waals surface area (Å²) in [4.78, 5) is 50.1. The molecule has 5 aromatic rings. The van der Waals surface area contributed by atoms with Crippen molar-refractivity contribution in [2.45, 2.75) is 38.6 Å². The summed E-state index contributed by atoms with van der Waals surface area (Å²) in [7, 11) is 0. The molecule has 9 heteroatoms. The van der Waals surface area contributed by atoms with Crippen molar-refractivity contribution in [3.05, 3.63) is 154 Å². The van der Waals surface area contributed by atoms with E-state index in [0.29, 0.717) is 22.3 Å². The average molecular weight is 642 g/mol. The molecule has 0 aliphatic carbocycles. The molecule has 9 nitrogen and oxygen atoms in total. The third-order valence-electron chi connectivity index (χ3n) is 8.04. The van der Waals surface area contributed by atoms with Gasteiger partial charge in [-0.2, -0.15) is 0 Å². The predicted molar refractivity (Wildman–Crippen MR) is 186 cm³/mol. The summed E-state index contributed by atoms with van der Waals surface area (Å²) < 4.78 is 0. The summed E-state index contributed by atoms with van der Waals surface area (Å²) in [6, 6.07) is 33.8. The van der Waals surface area contributed by atoms with E-state index >= 15 is 0 Å². The van der Waals surface area contributed by atoms with Crippen LogP contribution in [0.4, 0.5) is 11.4 Å². The molecule has 3 N–H and O–H groups in total. The van der Waals surface area contributed by atoms with E-state index in [9.17, 15) is 29.6 Å². The number of nitrogens with zero attached hydrogens (tertiary/aromatic N) is 1. The minimum Gasteiger partial charge on any atom is -0.480 e. The molecule has 0 spiro atoms. The number of nitro groups is 1. The summed E-state index contributed by atoms with van der Waals surface area (Å²) in [5.41, 5.74) is 5.34. The lowest BCUT2D eigenvalue weighted by atomic mass is 9.86. The highest BCUT2D eigenvalue weighted by Crippen LogP contribution is 2.29. The van der Waals surface area contributed by atoms with E-state index in [2.05, 4.69) is 31.4 Å². The Bertz CT molecular complexity index is 1950. The Balaban J connectivity index is 1.42. The van der Waals surface area contributed by atoms with Crippen LogP contribution in [0.15, 0.2) is 121 Å². The first-order valence-electron chi connectivity index (χ1n) is 15.4. The van der Waals surface area contributed by atoms with Gasteiger partial charge in [-0.05, 0) is 75.2 Å². The number of carboxylic acids is 1. The van der Waals surface area contributed by atoms with E-state index in [0.717, 1.165) is 16.7 Å². The Labute approximate surface area is 278 Å². The molecular formula is C39H35N3O6. The van der Waals surface area contributed by atoms with E-state index < -0.39 is 28.7 Å². The maximum atomic E-state index is 13.8. The van der Waals surface area contributed by atoms with Crippen LogP contribution in [-0.4, -0.2) is 33.9 Å². The van der Waals surface area contributed by atoms with E-state index in [1.54, 1.807) is 36.4 Å². The Morgan fingerprint density at radius 2 is 1.29 bits per heavy atom. The molecule has 0 bridgehead atoms. The Morgan fingerprint density at radius 1 is 0.729 bits per heavy atom. The van der Waals surface area contributed by atoms with Crippen LogP contribution >= 0.6 is 0 Å². The minimum atomic E-state index is -1.27. The SMILES string of the molecule is CC(C)(C)c1ccc(C(=O)Nc2ccc(-c3ccc([N+](=O)[O-])cc3)cc2C(=O)NC(Cc2ccc(-c3ccccc3)cc2)C(=O)O)cc1. The number of carbonyl (C=O) groups is 3. The number of anilines is 1. The molecule has 0 heterocycles. The van der Waals surface area contributed by atoms with Crippen LogP contribution in [0, 0.1) is 10.1 Å². The van der Waals surface area contributed by atoms with E-state index in [1.807, 2.05) is 66.7 Å².